The van der Waals surface area contributed by atoms with E-state index in [1.54, 1.807) is 36.7 Å². The first-order valence-electron chi connectivity index (χ1n) is 7.94. The number of ether oxygens (including phenoxy) is 1. The Balaban J connectivity index is 1.91. The fourth-order valence-corrected chi connectivity index (χ4v) is 2.32. The number of hydrogen-bond acceptors (Lipinski definition) is 5. The van der Waals surface area contributed by atoms with Gasteiger partial charge in [0.2, 0.25) is 11.9 Å². The second kappa shape index (κ2) is 9.51. The van der Waals surface area contributed by atoms with E-state index in [9.17, 15) is 13.6 Å². The summed E-state index contributed by atoms with van der Waals surface area (Å²) >= 11 is 0. The fraction of sp³-hybridized carbons (Fsp3) is 0.353. The van der Waals surface area contributed by atoms with Crippen molar-refractivity contribution in [3.63, 3.8) is 0 Å². The number of aromatic nitrogens is 2. The quantitative estimate of drug-likeness (QED) is 0.727. The van der Waals surface area contributed by atoms with Gasteiger partial charge < -0.3 is 15.4 Å². The van der Waals surface area contributed by atoms with Gasteiger partial charge in [-0.1, -0.05) is 25.1 Å². The Morgan fingerprint density at radius 3 is 2.60 bits per heavy atom. The van der Waals surface area contributed by atoms with Crippen LogP contribution in [-0.2, 0) is 4.79 Å². The minimum Gasteiger partial charge on any atom is -0.434 e. The molecule has 2 rings (SSSR count). The molecule has 0 aliphatic rings. The van der Waals surface area contributed by atoms with Gasteiger partial charge in [-0.05, 0) is 18.6 Å². The van der Waals surface area contributed by atoms with Crippen LogP contribution in [0.1, 0.15) is 31.4 Å². The van der Waals surface area contributed by atoms with Gasteiger partial charge in [-0.2, -0.15) is 8.78 Å². The van der Waals surface area contributed by atoms with E-state index in [4.69, 9.17) is 0 Å². The summed E-state index contributed by atoms with van der Waals surface area (Å²) in [5, 5.41) is 5.78. The molecular formula is C17H20F2N4O2. The Kier molecular flexibility index (Phi) is 7.06. The van der Waals surface area contributed by atoms with Crippen molar-refractivity contribution in [3.05, 3.63) is 48.3 Å². The van der Waals surface area contributed by atoms with Crippen LogP contribution in [0.4, 0.5) is 14.7 Å². The predicted molar refractivity (Wildman–Crippen MR) is 89.4 cm³/mol. The van der Waals surface area contributed by atoms with Crippen LogP contribution in [0.2, 0.25) is 0 Å². The van der Waals surface area contributed by atoms with Gasteiger partial charge in [0.15, 0.2) is 0 Å². The van der Waals surface area contributed by atoms with E-state index >= 15 is 0 Å². The molecule has 0 aliphatic carbocycles. The van der Waals surface area contributed by atoms with Crippen LogP contribution in [0.3, 0.4) is 0 Å². The first kappa shape index (κ1) is 18.6. The van der Waals surface area contributed by atoms with Crippen molar-refractivity contribution in [2.45, 2.75) is 32.4 Å². The van der Waals surface area contributed by atoms with Gasteiger partial charge in [-0.15, -0.1) is 0 Å². The molecule has 2 aromatic rings. The number of alkyl halides is 2. The molecule has 134 valence electrons. The lowest BCUT2D eigenvalue weighted by Gasteiger charge is -2.20. The molecule has 6 nitrogen and oxygen atoms in total. The van der Waals surface area contributed by atoms with E-state index < -0.39 is 12.7 Å². The van der Waals surface area contributed by atoms with Gasteiger partial charge in [0.25, 0.3) is 0 Å². The Morgan fingerprint density at radius 2 is 1.92 bits per heavy atom. The molecule has 1 amide bonds. The molecule has 2 N–H and O–H groups in total. The molecule has 1 aromatic carbocycles. The lowest BCUT2D eigenvalue weighted by molar-refractivity contribution is -0.121. The van der Waals surface area contributed by atoms with E-state index in [0.29, 0.717) is 24.5 Å². The predicted octanol–water partition coefficient (Wildman–Crippen LogP) is 3.15. The highest BCUT2D eigenvalue weighted by Gasteiger charge is 2.18. The number of carbonyl (C=O) groups excluding carboxylic acids is 1. The minimum atomic E-state index is -2.91. The highest BCUT2D eigenvalue weighted by atomic mass is 19.3. The second-order valence-electron chi connectivity index (χ2n) is 5.19. The molecule has 1 atom stereocenters. The summed E-state index contributed by atoms with van der Waals surface area (Å²) in [5.74, 6) is 0.306. The maximum Gasteiger partial charge on any atom is 0.387 e. The average Bonchev–Trinajstić information content (AvgIpc) is 2.61. The van der Waals surface area contributed by atoms with Gasteiger partial charge in [0.05, 0.1) is 6.04 Å². The van der Waals surface area contributed by atoms with Crippen molar-refractivity contribution in [2.75, 3.05) is 11.9 Å². The molecule has 0 radical (unpaired) electrons. The lowest BCUT2D eigenvalue weighted by Crippen LogP contribution is -2.30. The number of nitrogens with one attached hydrogen (secondary N) is 2. The van der Waals surface area contributed by atoms with Gasteiger partial charge in [0, 0.05) is 30.9 Å². The maximum atomic E-state index is 12.5. The van der Waals surface area contributed by atoms with Crippen molar-refractivity contribution in [3.8, 4) is 5.75 Å². The molecule has 0 bridgehead atoms. The van der Waals surface area contributed by atoms with E-state index in [2.05, 4.69) is 25.3 Å². The molecule has 0 spiro atoms. The number of nitrogens with zero attached hydrogens (tertiary/aromatic N) is 2. The molecule has 0 aliphatic heterocycles. The van der Waals surface area contributed by atoms with E-state index in [1.165, 1.54) is 6.07 Å². The molecule has 1 unspecified atom stereocenters. The number of rotatable bonds is 9. The van der Waals surface area contributed by atoms with Crippen molar-refractivity contribution >= 4 is 11.9 Å². The Morgan fingerprint density at radius 1 is 1.20 bits per heavy atom. The number of benzene rings is 1. The monoisotopic (exact) mass is 350 g/mol. The summed E-state index contributed by atoms with van der Waals surface area (Å²) in [5.41, 5.74) is 0.526. The normalized spacial score (nSPS) is 11.8. The Hall–Kier alpha value is -2.77. The summed E-state index contributed by atoms with van der Waals surface area (Å²) in [6, 6.07) is 7.75. The summed E-state index contributed by atoms with van der Waals surface area (Å²) in [6.07, 6.45) is 3.95. The van der Waals surface area contributed by atoms with E-state index in [-0.39, 0.29) is 18.1 Å². The summed E-state index contributed by atoms with van der Waals surface area (Å²) in [7, 11) is 0. The number of halogens is 2. The van der Waals surface area contributed by atoms with Gasteiger partial charge in [-0.25, -0.2) is 9.97 Å². The molecule has 1 heterocycles. The zero-order valence-electron chi connectivity index (χ0n) is 13.8. The SMILES string of the molecule is CCC(NC(=O)CCNc1ncccn1)c1ccccc1OC(F)F. The fourth-order valence-electron chi connectivity index (χ4n) is 2.32. The minimum absolute atomic E-state index is 0.0699. The van der Waals surface area contributed by atoms with Crippen LogP contribution >= 0.6 is 0 Å². The number of carbonyl (C=O) groups is 1. The van der Waals surface area contributed by atoms with Crippen molar-refractivity contribution < 1.29 is 18.3 Å². The Bertz CT molecular complexity index is 671. The molecule has 25 heavy (non-hydrogen) atoms. The third-order valence-corrected chi connectivity index (χ3v) is 3.45. The highest BCUT2D eigenvalue weighted by molar-refractivity contribution is 5.77. The number of anilines is 1. The van der Waals surface area contributed by atoms with Crippen molar-refractivity contribution in [1.82, 2.24) is 15.3 Å². The van der Waals surface area contributed by atoms with E-state index in [0.717, 1.165) is 0 Å². The van der Waals surface area contributed by atoms with Crippen LogP contribution in [0, 0.1) is 0 Å². The molecule has 0 fully saturated rings. The van der Waals surface area contributed by atoms with Crippen LogP contribution < -0.4 is 15.4 Å². The van der Waals surface area contributed by atoms with E-state index in [1.807, 2.05) is 6.92 Å². The third-order valence-electron chi connectivity index (χ3n) is 3.45. The summed E-state index contributed by atoms with van der Waals surface area (Å²) in [4.78, 5) is 20.1. The average molecular weight is 350 g/mol. The van der Waals surface area contributed by atoms with Gasteiger partial charge >= 0.3 is 6.61 Å². The van der Waals surface area contributed by atoms with Crippen LogP contribution in [-0.4, -0.2) is 29.0 Å². The smallest absolute Gasteiger partial charge is 0.387 e. The van der Waals surface area contributed by atoms with Gasteiger partial charge in [0.1, 0.15) is 5.75 Å². The van der Waals surface area contributed by atoms with Crippen molar-refractivity contribution in [1.29, 1.82) is 0 Å². The molecule has 1 aromatic heterocycles. The maximum absolute atomic E-state index is 12.5. The molecule has 0 saturated heterocycles. The van der Waals surface area contributed by atoms with Crippen LogP contribution in [0.15, 0.2) is 42.7 Å². The van der Waals surface area contributed by atoms with Gasteiger partial charge in [-0.3, -0.25) is 4.79 Å². The second-order valence-corrected chi connectivity index (χ2v) is 5.19. The standard InChI is InChI=1S/C17H20F2N4O2/c1-2-13(12-6-3-4-7-14(12)25-16(18)19)23-15(24)8-11-22-17-20-9-5-10-21-17/h3-7,9-10,13,16H,2,8,11H2,1H3,(H,23,24)(H,20,21,22). The zero-order chi connectivity index (χ0) is 18.1. The first-order valence-corrected chi connectivity index (χ1v) is 7.94. The largest absolute Gasteiger partial charge is 0.434 e. The summed E-state index contributed by atoms with van der Waals surface area (Å²) in [6.45, 7) is -0.689. The number of hydrogen-bond donors (Lipinski definition) is 2. The topological polar surface area (TPSA) is 76.1 Å². The number of para-hydroxylation sites is 1. The lowest BCUT2D eigenvalue weighted by atomic mass is 10.0. The molecule has 0 saturated carbocycles. The van der Waals surface area contributed by atoms with Crippen molar-refractivity contribution in [2.24, 2.45) is 0 Å². The highest BCUT2D eigenvalue weighted by Crippen LogP contribution is 2.28. The number of amides is 1. The Labute approximate surface area is 144 Å². The third kappa shape index (κ3) is 5.98. The molecular weight excluding hydrogens is 330 g/mol. The van der Waals surface area contributed by atoms with Crippen LogP contribution in [0.5, 0.6) is 5.75 Å². The summed E-state index contributed by atoms with van der Waals surface area (Å²) < 4.78 is 29.6. The first-order chi connectivity index (χ1) is 12.1. The van der Waals surface area contributed by atoms with Crippen LogP contribution in [0.25, 0.3) is 0 Å². The zero-order valence-corrected chi connectivity index (χ0v) is 13.8. The molecule has 8 heteroatoms.